The van der Waals surface area contributed by atoms with Crippen LogP contribution in [0.15, 0.2) is 30.3 Å². The molecule has 1 atom stereocenters. The molecule has 4 heteroatoms. The quantitative estimate of drug-likeness (QED) is 0.239. The first-order valence-electron chi connectivity index (χ1n) is 12.0. The van der Waals surface area contributed by atoms with Gasteiger partial charge in [0.2, 0.25) is 0 Å². The second-order valence-electron chi connectivity index (χ2n) is 9.22. The van der Waals surface area contributed by atoms with E-state index in [1.807, 2.05) is 12.6 Å². The summed E-state index contributed by atoms with van der Waals surface area (Å²) in [7, 11) is -3.34. The van der Waals surface area contributed by atoms with Gasteiger partial charge in [-0.25, -0.2) is 4.57 Å². The van der Waals surface area contributed by atoms with Gasteiger partial charge in [-0.2, -0.15) is 4.40 Å². The molecule has 0 saturated carbocycles. The Labute approximate surface area is 178 Å². The molecule has 2 aromatic carbocycles. The van der Waals surface area contributed by atoms with E-state index < -0.39 is 14.8 Å². The predicted molar refractivity (Wildman–Crippen MR) is 124 cm³/mol. The Kier molecular flexibility index (Phi) is 3.13. The van der Waals surface area contributed by atoms with E-state index in [1.165, 1.54) is 21.9 Å². The molecule has 0 spiro atoms. The van der Waals surface area contributed by atoms with Gasteiger partial charge in [0, 0.05) is 21.8 Å². The second kappa shape index (κ2) is 5.85. The van der Waals surface area contributed by atoms with Gasteiger partial charge in [-0.15, -0.1) is 0 Å². The number of aryl methyl sites for hydroxylation is 1. The van der Waals surface area contributed by atoms with Gasteiger partial charge in [-0.1, -0.05) is 38.1 Å². The maximum absolute atomic E-state index is 8.50. The Morgan fingerprint density at radius 1 is 1.07 bits per heavy atom. The van der Waals surface area contributed by atoms with Crippen LogP contribution in [0, 0.1) is 13.8 Å². The van der Waals surface area contributed by atoms with Crippen LogP contribution in [0.3, 0.4) is 0 Å². The zero-order valence-electron chi connectivity index (χ0n) is 21.3. The molecule has 3 heterocycles. The highest BCUT2D eigenvalue weighted by Crippen LogP contribution is 2.40. The second-order valence-corrected chi connectivity index (χ2v) is 12.0. The number of pyridine rings is 1. The molecular weight excluding hydrogens is 372 g/mol. The number of hydrogen-bond donors (Lipinski definition) is 0. The third-order valence-electron chi connectivity index (χ3n) is 6.43. The molecule has 0 aliphatic carbocycles. The number of hydrogen-bond acceptors (Lipinski definition) is 1. The Hall–Kier alpha value is -2.33. The van der Waals surface area contributed by atoms with Crippen molar-refractivity contribution in [3.8, 4) is 5.75 Å². The van der Waals surface area contributed by atoms with E-state index in [0.29, 0.717) is 11.7 Å². The van der Waals surface area contributed by atoms with Crippen LogP contribution in [0.1, 0.15) is 60.6 Å². The summed E-state index contributed by atoms with van der Waals surface area (Å²) in [5.74, 6) is 1.03. The molecule has 0 N–H and O–H groups in total. The van der Waals surface area contributed by atoms with Crippen LogP contribution >= 0.6 is 0 Å². The molecule has 1 aliphatic rings. The highest BCUT2D eigenvalue weighted by atomic mass is 28.4. The Morgan fingerprint density at radius 3 is 2.48 bits per heavy atom. The van der Waals surface area contributed by atoms with Gasteiger partial charge in [0.1, 0.15) is 5.69 Å². The zero-order valence-corrected chi connectivity index (χ0v) is 19.3. The largest absolute Gasteiger partial charge is 0.533 e. The summed E-state index contributed by atoms with van der Waals surface area (Å²) in [6, 6.07) is 10.8. The van der Waals surface area contributed by atoms with E-state index in [1.54, 1.807) is 0 Å². The normalized spacial score (nSPS) is 20.7. The molecule has 0 fully saturated rings. The maximum Gasteiger partial charge on any atom is 0.324 e. The highest BCUT2D eigenvalue weighted by molar-refractivity contribution is 6.84. The summed E-state index contributed by atoms with van der Waals surface area (Å²) in [5, 5.41) is 4.45. The molecule has 2 aromatic heterocycles. The van der Waals surface area contributed by atoms with Crippen molar-refractivity contribution in [1.82, 2.24) is 4.57 Å². The van der Waals surface area contributed by atoms with Crippen molar-refractivity contribution >= 4 is 41.0 Å². The zero-order chi connectivity index (χ0) is 23.3. The van der Waals surface area contributed by atoms with Crippen molar-refractivity contribution in [1.29, 1.82) is 0 Å². The van der Waals surface area contributed by atoms with E-state index in [2.05, 4.69) is 74.8 Å². The average Bonchev–Trinajstić information content (AvgIpc) is 3.01. The molecule has 5 rings (SSSR count). The third kappa shape index (κ3) is 2.27. The monoisotopic (exact) mass is 406 g/mol. The Morgan fingerprint density at radius 2 is 1.83 bits per heavy atom. The van der Waals surface area contributed by atoms with Gasteiger partial charge >= 0.3 is 8.32 Å². The topological polar surface area (TPSA) is 18.3 Å². The predicted octanol–water partition coefficient (Wildman–Crippen LogP) is 5.66. The van der Waals surface area contributed by atoms with E-state index in [-0.39, 0.29) is 6.04 Å². The maximum atomic E-state index is 8.50. The lowest BCUT2D eigenvalue weighted by Crippen LogP contribution is -2.62. The van der Waals surface area contributed by atoms with Crippen LogP contribution in [-0.2, 0) is 0 Å². The molecule has 0 amide bonds. The Bertz CT molecular complexity index is 1440. The van der Waals surface area contributed by atoms with E-state index in [0.717, 1.165) is 27.6 Å². The summed E-state index contributed by atoms with van der Waals surface area (Å²) in [5.41, 5.74) is 5.56. The molecular formula is C25H31N2OSi+. The number of benzene rings is 2. The van der Waals surface area contributed by atoms with E-state index >= 15 is 0 Å². The number of imidazole rings is 1. The van der Waals surface area contributed by atoms with Crippen molar-refractivity contribution < 1.29 is 12.9 Å². The summed E-state index contributed by atoms with van der Waals surface area (Å²) >= 11 is 0. The molecule has 0 saturated heterocycles. The Balaban J connectivity index is 2.22. The summed E-state index contributed by atoms with van der Waals surface area (Å²) in [6.07, 6.45) is 0. The number of nitrogens with zero attached hydrogens (tertiary/aromatic N) is 2. The minimum atomic E-state index is -3.34. The molecule has 150 valence electrons. The molecule has 4 aromatic rings. The van der Waals surface area contributed by atoms with Crippen LogP contribution in [0.5, 0.6) is 5.75 Å². The summed E-state index contributed by atoms with van der Waals surface area (Å²) in [6.45, 7) is 12.7. The van der Waals surface area contributed by atoms with Gasteiger partial charge in [-0.3, -0.25) is 0 Å². The van der Waals surface area contributed by atoms with E-state index in [9.17, 15) is 0 Å². The van der Waals surface area contributed by atoms with Gasteiger partial charge in [-0.05, 0) is 56.9 Å². The van der Waals surface area contributed by atoms with Gasteiger partial charge in [0.25, 0.3) is 5.65 Å². The first kappa shape index (κ1) is 15.5. The SMILES string of the molecule is [2H]C([2H])([2H])[Si]1(C)Oc2ccc(C)c3c4cccc(C(C)C)c4c4n(C(C)C)c(C)c1[n+]4c23. The number of fused-ring (bicyclic) bond motifs is 3. The fourth-order valence-electron chi connectivity index (χ4n) is 5.38. The standard InChI is InChI=1S/C25H31N2OSi/c1-14(2)18-10-9-11-19-21-16(5)12-13-20-23(21)27-24(22(18)19)26(15(3)4)17(6)25(27)29(7,8)28-20/h9-15H,1-8H3/q+1/i7D3. The van der Waals surface area contributed by atoms with Crippen molar-refractivity contribution in [2.45, 2.75) is 66.5 Å². The fraction of sp³-hybridized carbons (Fsp3) is 0.400. The molecule has 29 heavy (non-hydrogen) atoms. The summed E-state index contributed by atoms with van der Waals surface area (Å²) < 4.78 is 36.6. The lowest BCUT2D eigenvalue weighted by Gasteiger charge is -2.27. The van der Waals surface area contributed by atoms with Gasteiger partial charge in [0.15, 0.2) is 16.6 Å². The van der Waals surface area contributed by atoms with Gasteiger partial charge < -0.3 is 4.43 Å². The van der Waals surface area contributed by atoms with Crippen LogP contribution in [0.25, 0.3) is 27.3 Å². The van der Waals surface area contributed by atoms with Gasteiger partial charge in [0.05, 0.1) is 11.4 Å². The van der Waals surface area contributed by atoms with Crippen molar-refractivity contribution in [3.63, 3.8) is 0 Å². The lowest BCUT2D eigenvalue weighted by atomic mass is 9.93. The molecule has 3 nitrogen and oxygen atoms in total. The van der Waals surface area contributed by atoms with Crippen molar-refractivity contribution in [2.75, 3.05) is 0 Å². The fourth-order valence-corrected chi connectivity index (χ4v) is 7.54. The number of rotatable bonds is 2. The average molecular weight is 407 g/mol. The first-order valence-corrected chi connectivity index (χ1v) is 12.9. The van der Waals surface area contributed by atoms with Crippen LogP contribution in [0.4, 0.5) is 0 Å². The lowest BCUT2D eigenvalue weighted by molar-refractivity contribution is -0.462. The minimum Gasteiger partial charge on any atom is -0.533 e. The smallest absolute Gasteiger partial charge is 0.324 e. The molecule has 0 radical (unpaired) electrons. The van der Waals surface area contributed by atoms with Crippen LogP contribution in [-0.4, -0.2) is 12.9 Å². The molecule has 1 aliphatic heterocycles. The third-order valence-corrected chi connectivity index (χ3v) is 8.55. The molecule has 0 bridgehead atoms. The van der Waals surface area contributed by atoms with E-state index in [4.69, 9.17) is 8.54 Å². The highest BCUT2D eigenvalue weighted by Gasteiger charge is 2.46. The van der Waals surface area contributed by atoms with Crippen LogP contribution in [0.2, 0.25) is 13.0 Å². The minimum absolute atomic E-state index is 0.181. The van der Waals surface area contributed by atoms with Crippen molar-refractivity contribution in [3.05, 3.63) is 47.2 Å². The molecule has 1 unspecified atom stereocenters. The first-order chi connectivity index (χ1) is 14.9. The van der Waals surface area contributed by atoms with Crippen molar-refractivity contribution in [2.24, 2.45) is 0 Å². The van der Waals surface area contributed by atoms with Crippen LogP contribution < -0.4 is 14.1 Å². The summed E-state index contributed by atoms with van der Waals surface area (Å²) in [4.78, 5) is 0. The number of aromatic nitrogens is 2.